The number of hydrogen-bond acceptors (Lipinski definition) is 7. The maximum absolute atomic E-state index is 13.4. The van der Waals surface area contributed by atoms with Gasteiger partial charge in [0.25, 0.3) is 5.91 Å². The van der Waals surface area contributed by atoms with Crippen LogP contribution in [0.25, 0.3) is 0 Å². The summed E-state index contributed by atoms with van der Waals surface area (Å²) in [5.41, 5.74) is 3.02. The first-order chi connectivity index (χ1) is 16.1. The molecular formula is C24H26N4O4S. The van der Waals surface area contributed by atoms with E-state index in [0.717, 1.165) is 21.1 Å². The van der Waals surface area contributed by atoms with Gasteiger partial charge in [0, 0.05) is 17.6 Å². The normalized spacial score (nSPS) is 12.6. The SMILES string of the molecule is CCOC(=O)N1CCc2c(sc(NCc3ccccn3)c2C(=O)Nc2ccccc2OC)C1. The zero-order valence-corrected chi connectivity index (χ0v) is 19.4. The number of ether oxygens (including phenoxy) is 2. The van der Waals surface area contributed by atoms with Crippen LogP contribution in [0, 0.1) is 0 Å². The number of benzene rings is 1. The predicted octanol–water partition coefficient (Wildman–Crippen LogP) is 4.53. The second kappa shape index (κ2) is 10.4. The molecule has 0 aliphatic carbocycles. The average molecular weight is 467 g/mol. The van der Waals surface area contributed by atoms with E-state index in [9.17, 15) is 9.59 Å². The lowest BCUT2D eigenvalue weighted by Crippen LogP contribution is -2.36. The van der Waals surface area contributed by atoms with E-state index in [2.05, 4.69) is 15.6 Å². The number of aromatic nitrogens is 1. The Bertz CT molecular complexity index is 1130. The Morgan fingerprint density at radius 3 is 2.76 bits per heavy atom. The molecule has 0 spiro atoms. The highest BCUT2D eigenvalue weighted by Crippen LogP contribution is 2.38. The first kappa shape index (κ1) is 22.6. The van der Waals surface area contributed by atoms with Gasteiger partial charge in [-0.25, -0.2) is 4.79 Å². The standard InChI is InChI=1S/C24H26N4O4S/c1-3-32-24(30)28-13-11-17-20(15-28)33-23(26-14-16-8-6-7-12-25-16)21(17)22(29)27-18-9-4-5-10-19(18)31-2/h4-10,12,26H,3,11,13-15H2,1-2H3,(H,27,29). The molecule has 2 amide bonds. The molecule has 1 aliphatic heterocycles. The molecule has 0 saturated carbocycles. The van der Waals surface area contributed by atoms with Gasteiger partial charge in [-0.3, -0.25) is 9.78 Å². The summed E-state index contributed by atoms with van der Waals surface area (Å²) in [7, 11) is 1.57. The predicted molar refractivity (Wildman–Crippen MR) is 128 cm³/mol. The van der Waals surface area contributed by atoms with Crippen molar-refractivity contribution in [3.8, 4) is 5.75 Å². The van der Waals surface area contributed by atoms with Gasteiger partial charge < -0.3 is 25.0 Å². The quantitative estimate of drug-likeness (QED) is 0.531. The van der Waals surface area contributed by atoms with Crippen LogP contribution in [0.5, 0.6) is 5.75 Å². The molecular weight excluding hydrogens is 440 g/mol. The molecule has 0 bridgehead atoms. The molecule has 172 valence electrons. The number of anilines is 2. The van der Waals surface area contributed by atoms with Crippen molar-refractivity contribution >= 4 is 34.0 Å². The van der Waals surface area contributed by atoms with Crippen LogP contribution in [0.2, 0.25) is 0 Å². The minimum Gasteiger partial charge on any atom is -0.495 e. The minimum atomic E-state index is -0.334. The van der Waals surface area contributed by atoms with Gasteiger partial charge in [0.05, 0.1) is 43.8 Å². The van der Waals surface area contributed by atoms with Crippen molar-refractivity contribution in [1.82, 2.24) is 9.88 Å². The molecule has 2 N–H and O–H groups in total. The lowest BCUT2D eigenvalue weighted by Gasteiger charge is -2.26. The van der Waals surface area contributed by atoms with Crippen LogP contribution in [0.3, 0.4) is 0 Å². The lowest BCUT2D eigenvalue weighted by molar-refractivity contribution is 0.102. The molecule has 0 saturated heterocycles. The highest BCUT2D eigenvalue weighted by Gasteiger charge is 2.30. The summed E-state index contributed by atoms with van der Waals surface area (Å²) >= 11 is 1.49. The fourth-order valence-electron chi connectivity index (χ4n) is 3.75. The minimum absolute atomic E-state index is 0.217. The zero-order chi connectivity index (χ0) is 23.2. The maximum Gasteiger partial charge on any atom is 0.410 e. The number of pyridine rings is 1. The molecule has 0 fully saturated rings. The summed E-state index contributed by atoms with van der Waals surface area (Å²) in [5, 5.41) is 7.12. The average Bonchev–Trinajstić information content (AvgIpc) is 3.21. The second-order valence-corrected chi connectivity index (χ2v) is 8.51. The van der Waals surface area contributed by atoms with Crippen LogP contribution in [0.15, 0.2) is 48.7 Å². The Balaban J connectivity index is 1.63. The third-order valence-corrected chi connectivity index (χ3v) is 6.50. The number of carbonyl (C=O) groups is 2. The number of methoxy groups -OCH3 is 1. The summed E-state index contributed by atoms with van der Waals surface area (Å²) in [6, 6.07) is 13.0. The van der Waals surface area contributed by atoms with Crippen LogP contribution >= 0.6 is 11.3 Å². The van der Waals surface area contributed by atoms with Crippen molar-refractivity contribution in [2.75, 3.05) is 30.9 Å². The highest BCUT2D eigenvalue weighted by atomic mass is 32.1. The number of para-hydroxylation sites is 2. The van der Waals surface area contributed by atoms with Gasteiger partial charge in [-0.15, -0.1) is 11.3 Å². The van der Waals surface area contributed by atoms with Crippen LogP contribution in [-0.4, -0.2) is 42.1 Å². The first-order valence-corrected chi connectivity index (χ1v) is 11.6. The molecule has 3 heterocycles. The molecule has 3 aromatic rings. The first-order valence-electron chi connectivity index (χ1n) is 10.7. The van der Waals surface area contributed by atoms with Gasteiger partial charge in [0.15, 0.2) is 0 Å². The number of fused-ring (bicyclic) bond motifs is 1. The second-order valence-electron chi connectivity index (χ2n) is 7.41. The molecule has 1 aliphatic rings. The Morgan fingerprint density at radius 2 is 2.00 bits per heavy atom. The van der Waals surface area contributed by atoms with E-state index in [0.29, 0.717) is 49.7 Å². The molecule has 0 unspecified atom stereocenters. The number of rotatable bonds is 7. The number of nitrogens with one attached hydrogen (secondary N) is 2. The van der Waals surface area contributed by atoms with E-state index in [1.807, 2.05) is 30.3 Å². The van der Waals surface area contributed by atoms with Gasteiger partial charge >= 0.3 is 6.09 Å². The Kier molecular flexibility index (Phi) is 7.09. The fraction of sp³-hybridized carbons (Fsp3) is 0.292. The maximum atomic E-state index is 13.4. The van der Waals surface area contributed by atoms with Gasteiger partial charge in [-0.1, -0.05) is 18.2 Å². The highest BCUT2D eigenvalue weighted by molar-refractivity contribution is 7.16. The lowest BCUT2D eigenvalue weighted by atomic mass is 10.0. The van der Waals surface area contributed by atoms with Crippen molar-refractivity contribution in [1.29, 1.82) is 0 Å². The van der Waals surface area contributed by atoms with Gasteiger partial charge in [-0.05, 0) is 43.2 Å². The van der Waals surface area contributed by atoms with E-state index in [4.69, 9.17) is 9.47 Å². The molecule has 33 heavy (non-hydrogen) atoms. The van der Waals surface area contributed by atoms with E-state index in [1.165, 1.54) is 11.3 Å². The largest absolute Gasteiger partial charge is 0.495 e. The summed E-state index contributed by atoms with van der Waals surface area (Å²) < 4.78 is 10.5. The number of thiophene rings is 1. The molecule has 0 radical (unpaired) electrons. The van der Waals surface area contributed by atoms with Crippen molar-refractivity contribution in [2.45, 2.75) is 26.4 Å². The summed E-state index contributed by atoms with van der Waals surface area (Å²) in [5.74, 6) is 0.372. The van der Waals surface area contributed by atoms with E-state index < -0.39 is 0 Å². The molecule has 9 heteroatoms. The monoisotopic (exact) mass is 466 g/mol. The fourth-order valence-corrected chi connectivity index (χ4v) is 5.00. The van der Waals surface area contributed by atoms with Crippen molar-refractivity contribution in [3.05, 3.63) is 70.4 Å². The third-order valence-electron chi connectivity index (χ3n) is 5.32. The van der Waals surface area contributed by atoms with E-state index >= 15 is 0 Å². The van der Waals surface area contributed by atoms with Crippen molar-refractivity contribution < 1.29 is 19.1 Å². The van der Waals surface area contributed by atoms with Gasteiger partial charge in [0.1, 0.15) is 10.8 Å². The topological polar surface area (TPSA) is 92.8 Å². The Hall–Kier alpha value is -3.59. The van der Waals surface area contributed by atoms with E-state index in [1.54, 1.807) is 37.3 Å². The molecule has 0 atom stereocenters. The van der Waals surface area contributed by atoms with Gasteiger partial charge in [0.2, 0.25) is 0 Å². The summed E-state index contributed by atoms with van der Waals surface area (Å²) in [4.78, 5) is 32.7. The Morgan fingerprint density at radius 1 is 1.18 bits per heavy atom. The van der Waals surface area contributed by atoms with Crippen molar-refractivity contribution in [3.63, 3.8) is 0 Å². The number of hydrogen-bond donors (Lipinski definition) is 2. The van der Waals surface area contributed by atoms with Crippen molar-refractivity contribution in [2.24, 2.45) is 0 Å². The summed E-state index contributed by atoms with van der Waals surface area (Å²) in [6.07, 6.45) is 1.98. The number of amides is 2. The smallest absolute Gasteiger partial charge is 0.410 e. The van der Waals surface area contributed by atoms with Gasteiger partial charge in [-0.2, -0.15) is 0 Å². The van der Waals surface area contributed by atoms with Crippen LogP contribution in [-0.2, 0) is 24.2 Å². The van der Waals surface area contributed by atoms with Crippen LogP contribution < -0.4 is 15.4 Å². The molecule has 4 rings (SSSR count). The number of nitrogens with zero attached hydrogens (tertiary/aromatic N) is 2. The molecule has 1 aromatic carbocycles. The Labute approximate surface area is 196 Å². The van der Waals surface area contributed by atoms with E-state index in [-0.39, 0.29) is 12.0 Å². The van der Waals surface area contributed by atoms with Crippen LogP contribution in [0.4, 0.5) is 15.5 Å². The van der Waals surface area contributed by atoms with Crippen LogP contribution in [0.1, 0.15) is 33.4 Å². The third kappa shape index (κ3) is 5.09. The molecule has 2 aromatic heterocycles. The number of carbonyl (C=O) groups excluding carboxylic acids is 2. The molecule has 8 nitrogen and oxygen atoms in total. The zero-order valence-electron chi connectivity index (χ0n) is 18.6. The summed E-state index contributed by atoms with van der Waals surface area (Å²) in [6.45, 7) is 3.52.